The van der Waals surface area contributed by atoms with E-state index in [1.165, 1.54) is 6.21 Å². The zero-order chi connectivity index (χ0) is 14.2. The van der Waals surface area contributed by atoms with Crippen molar-refractivity contribution in [1.29, 1.82) is 0 Å². The highest BCUT2D eigenvalue weighted by atomic mass is 35.5. The minimum atomic E-state index is -0.378. The summed E-state index contributed by atoms with van der Waals surface area (Å²) in [6, 6.07) is 12.3. The predicted octanol–water partition coefficient (Wildman–Crippen LogP) is 2.26. The van der Waals surface area contributed by atoms with Crippen LogP contribution in [0.3, 0.4) is 0 Å². The van der Waals surface area contributed by atoms with E-state index < -0.39 is 0 Å². The highest BCUT2D eigenvalue weighted by molar-refractivity contribution is 6.32. The van der Waals surface area contributed by atoms with Crippen LogP contribution in [0, 0.1) is 0 Å². The van der Waals surface area contributed by atoms with E-state index in [0.717, 1.165) is 0 Å². The number of hydrogen-bond donors (Lipinski definition) is 1. The summed E-state index contributed by atoms with van der Waals surface area (Å²) in [7, 11) is 0. The average molecular weight is 290 g/mol. The maximum atomic E-state index is 11.5. The van der Waals surface area contributed by atoms with Gasteiger partial charge in [-0.15, -0.1) is 0 Å². The first kappa shape index (κ1) is 14.0. The van der Waals surface area contributed by atoms with E-state index in [-0.39, 0.29) is 12.5 Å². The summed E-state index contributed by atoms with van der Waals surface area (Å²) >= 11 is 5.90. The third-order valence-electron chi connectivity index (χ3n) is 2.27. The lowest BCUT2D eigenvalue weighted by Gasteiger charge is -2.06. The van der Waals surface area contributed by atoms with Crippen LogP contribution in [0.1, 0.15) is 5.69 Å². The second-order valence-corrected chi connectivity index (χ2v) is 4.17. The number of benzene rings is 1. The lowest BCUT2D eigenvalue weighted by Crippen LogP contribution is -2.24. The number of nitrogens with zero attached hydrogens (tertiary/aromatic N) is 2. The van der Waals surface area contributed by atoms with E-state index in [9.17, 15) is 4.79 Å². The largest absolute Gasteiger partial charge is 0.482 e. The van der Waals surface area contributed by atoms with Crippen molar-refractivity contribution in [3.8, 4) is 5.75 Å². The Hall–Kier alpha value is -2.40. The standard InChI is InChI=1S/C14H12ClN3O2/c15-12-6-1-2-7-13(12)20-10-14(19)18-17-9-11-5-3-4-8-16-11/h1-9H,10H2,(H,18,19)/b17-9+. The summed E-state index contributed by atoms with van der Waals surface area (Å²) < 4.78 is 5.27. The normalized spacial score (nSPS) is 10.4. The minimum absolute atomic E-state index is 0.163. The van der Waals surface area contributed by atoms with Gasteiger partial charge in [-0.25, -0.2) is 5.43 Å². The molecule has 5 nitrogen and oxygen atoms in total. The fourth-order valence-corrected chi connectivity index (χ4v) is 1.55. The summed E-state index contributed by atoms with van der Waals surface area (Å²) in [5.74, 6) is 0.0788. The van der Waals surface area contributed by atoms with Gasteiger partial charge in [-0.3, -0.25) is 9.78 Å². The molecule has 20 heavy (non-hydrogen) atoms. The van der Waals surface area contributed by atoms with Gasteiger partial charge in [-0.2, -0.15) is 5.10 Å². The smallest absolute Gasteiger partial charge is 0.277 e. The van der Waals surface area contributed by atoms with Crippen molar-refractivity contribution in [2.75, 3.05) is 6.61 Å². The molecule has 6 heteroatoms. The van der Waals surface area contributed by atoms with Crippen molar-refractivity contribution in [1.82, 2.24) is 10.4 Å². The first-order valence-corrected chi connectivity index (χ1v) is 6.24. The van der Waals surface area contributed by atoms with Crippen LogP contribution in [0.15, 0.2) is 53.8 Å². The molecular weight excluding hydrogens is 278 g/mol. The zero-order valence-corrected chi connectivity index (χ0v) is 11.2. The van der Waals surface area contributed by atoms with Gasteiger partial charge in [0.25, 0.3) is 5.91 Å². The number of aromatic nitrogens is 1. The Balaban J connectivity index is 1.79. The Kier molecular flexibility index (Phi) is 5.08. The molecule has 1 aromatic heterocycles. The maximum absolute atomic E-state index is 11.5. The highest BCUT2D eigenvalue weighted by Gasteiger charge is 2.03. The Morgan fingerprint density at radius 3 is 2.85 bits per heavy atom. The van der Waals surface area contributed by atoms with Crippen molar-refractivity contribution in [2.24, 2.45) is 5.10 Å². The summed E-state index contributed by atoms with van der Waals surface area (Å²) in [4.78, 5) is 15.5. The topological polar surface area (TPSA) is 63.6 Å². The molecule has 1 heterocycles. The molecule has 0 radical (unpaired) electrons. The van der Waals surface area contributed by atoms with Gasteiger partial charge in [-0.1, -0.05) is 29.8 Å². The first-order valence-electron chi connectivity index (χ1n) is 5.86. The molecule has 0 aliphatic heterocycles. The summed E-state index contributed by atoms with van der Waals surface area (Å²) in [5, 5.41) is 4.23. The van der Waals surface area contributed by atoms with Crippen molar-refractivity contribution < 1.29 is 9.53 Å². The van der Waals surface area contributed by atoms with Crippen LogP contribution in [0.2, 0.25) is 5.02 Å². The molecule has 0 unspecified atom stereocenters. The molecule has 1 amide bonds. The van der Waals surface area contributed by atoms with E-state index in [2.05, 4.69) is 15.5 Å². The number of carbonyl (C=O) groups excluding carboxylic acids is 1. The number of hydrogen-bond acceptors (Lipinski definition) is 4. The highest BCUT2D eigenvalue weighted by Crippen LogP contribution is 2.22. The lowest BCUT2D eigenvalue weighted by atomic mass is 10.3. The molecule has 0 aliphatic rings. The van der Waals surface area contributed by atoms with Crippen molar-refractivity contribution in [3.05, 3.63) is 59.4 Å². The van der Waals surface area contributed by atoms with Crippen molar-refractivity contribution in [2.45, 2.75) is 0 Å². The third-order valence-corrected chi connectivity index (χ3v) is 2.58. The molecule has 0 aliphatic carbocycles. The zero-order valence-electron chi connectivity index (χ0n) is 10.5. The van der Waals surface area contributed by atoms with Crippen LogP contribution in [-0.2, 0) is 4.79 Å². The van der Waals surface area contributed by atoms with Gasteiger partial charge in [-0.05, 0) is 24.3 Å². The summed E-state index contributed by atoms with van der Waals surface area (Å²) in [5.41, 5.74) is 3.00. The van der Waals surface area contributed by atoms with Crippen LogP contribution >= 0.6 is 11.6 Å². The molecule has 2 rings (SSSR count). The Morgan fingerprint density at radius 1 is 1.30 bits per heavy atom. The van der Waals surface area contributed by atoms with Gasteiger partial charge in [0, 0.05) is 6.20 Å². The summed E-state index contributed by atoms with van der Waals surface area (Å²) in [6.07, 6.45) is 3.09. The van der Waals surface area contributed by atoms with Crippen molar-refractivity contribution >= 4 is 23.7 Å². The van der Waals surface area contributed by atoms with E-state index in [1.54, 1.807) is 42.6 Å². The molecule has 0 fully saturated rings. The number of nitrogens with one attached hydrogen (secondary N) is 1. The monoisotopic (exact) mass is 289 g/mol. The van der Waals surface area contributed by atoms with Crippen LogP contribution in [0.5, 0.6) is 5.75 Å². The van der Waals surface area contributed by atoms with Crippen LogP contribution in [0.25, 0.3) is 0 Å². The Bertz CT molecular complexity index is 602. The van der Waals surface area contributed by atoms with Gasteiger partial charge in [0.15, 0.2) is 6.61 Å². The molecule has 0 spiro atoms. The molecule has 0 saturated heterocycles. The Morgan fingerprint density at radius 2 is 2.10 bits per heavy atom. The number of para-hydroxylation sites is 1. The number of halogens is 1. The molecular formula is C14H12ClN3O2. The minimum Gasteiger partial charge on any atom is -0.482 e. The number of amides is 1. The third kappa shape index (κ3) is 4.37. The van der Waals surface area contributed by atoms with Crippen LogP contribution < -0.4 is 10.2 Å². The van der Waals surface area contributed by atoms with Gasteiger partial charge >= 0.3 is 0 Å². The van der Waals surface area contributed by atoms with E-state index in [4.69, 9.17) is 16.3 Å². The first-order chi connectivity index (χ1) is 9.75. The number of rotatable bonds is 5. The van der Waals surface area contributed by atoms with E-state index in [1.807, 2.05) is 6.07 Å². The van der Waals surface area contributed by atoms with Gasteiger partial charge in [0.05, 0.1) is 16.9 Å². The fraction of sp³-hybridized carbons (Fsp3) is 0.0714. The predicted molar refractivity (Wildman–Crippen MR) is 76.9 cm³/mol. The second-order valence-electron chi connectivity index (χ2n) is 3.77. The van der Waals surface area contributed by atoms with Crippen LogP contribution in [0.4, 0.5) is 0 Å². The van der Waals surface area contributed by atoms with Crippen LogP contribution in [-0.4, -0.2) is 23.7 Å². The second kappa shape index (κ2) is 7.25. The Labute approximate surface area is 121 Å². The SMILES string of the molecule is O=C(COc1ccccc1Cl)N/N=C/c1ccccn1. The number of pyridine rings is 1. The lowest BCUT2D eigenvalue weighted by molar-refractivity contribution is -0.123. The summed E-state index contributed by atoms with van der Waals surface area (Å²) in [6.45, 7) is -0.163. The molecule has 0 bridgehead atoms. The molecule has 0 saturated carbocycles. The van der Waals surface area contributed by atoms with Crippen molar-refractivity contribution in [3.63, 3.8) is 0 Å². The molecule has 102 valence electrons. The number of hydrazone groups is 1. The quantitative estimate of drug-likeness (QED) is 0.678. The number of ether oxygens (including phenoxy) is 1. The number of carbonyl (C=O) groups is 1. The van der Waals surface area contributed by atoms with E-state index in [0.29, 0.717) is 16.5 Å². The molecule has 1 N–H and O–H groups in total. The maximum Gasteiger partial charge on any atom is 0.277 e. The molecule has 0 atom stereocenters. The molecule has 1 aromatic carbocycles. The van der Waals surface area contributed by atoms with E-state index >= 15 is 0 Å². The fourth-order valence-electron chi connectivity index (χ4n) is 1.36. The van der Waals surface area contributed by atoms with Gasteiger partial charge < -0.3 is 4.74 Å². The van der Waals surface area contributed by atoms with Gasteiger partial charge in [0.1, 0.15) is 5.75 Å². The molecule has 2 aromatic rings. The average Bonchev–Trinajstić information content (AvgIpc) is 2.47. The van der Waals surface area contributed by atoms with Gasteiger partial charge in [0.2, 0.25) is 0 Å².